The van der Waals surface area contributed by atoms with Crippen molar-refractivity contribution in [2.45, 2.75) is 17.2 Å². The van der Waals surface area contributed by atoms with E-state index in [2.05, 4.69) is 5.32 Å². The topological polar surface area (TPSA) is 72.2 Å². The van der Waals surface area contributed by atoms with Crippen LogP contribution in [0.25, 0.3) is 0 Å². The van der Waals surface area contributed by atoms with Gasteiger partial charge in [0.25, 0.3) is 0 Å². The van der Waals surface area contributed by atoms with Gasteiger partial charge in [0, 0.05) is 6.26 Å². The molecule has 0 saturated heterocycles. The van der Waals surface area contributed by atoms with E-state index in [9.17, 15) is 26.0 Å². The van der Waals surface area contributed by atoms with Gasteiger partial charge in [-0.3, -0.25) is 0 Å². The number of alkyl halides is 4. The number of halogens is 4. The Morgan fingerprint density at radius 1 is 1.37 bits per heavy atom. The summed E-state index contributed by atoms with van der Waals surface area (Å²) in [4.78, 5) is -0.0869. The smallest absolute Gasteiger partial charge is 0.324 e. The van der Waals surface area contributed by atoms with E-state index in [1.807, 2.05) is 0 Å². The van der Waals surface area contributed by atoms with E-state index in [-0.39, 0.29) is 16.3 Å². The minimum atomic E-state index is -4.19. The highest BCUT2D eigenvalue weighted by Crippen LogP contribution is 2.26. The van der Waals surface area contributed by atoms with Crippen LogP contribution in [0.2, 0.25) is 0 Å². The number of nitrogens with one attached hydrogen (secondary N) is 1. The molecule has 3 N–H and O–H groups in total. The molecule has 0 spiro atoms. The van der Waals surface area contributed by atoms with Gasteiger partial charge in [-0.1, -0.05) is 0 Å². The molecule has 0 aliphatic carbocycles. The molecule has 0 bridgehead atoms. The van der Waals surface area contributed by atoms with Gasteiger partial charge in [-0.15, -0.1) is 0 Å². The fraction of sp³-hybridized carbons (Fsp3) is 0.400. The zero-order valence-corrected chi connectivity index (χ0v) is 10.6. The second-order valence-electron chi connectivity index (χ2n) is 3.94. The van der Waals surface area contributed by atoms with Crippen LogP contribution in [0.15, 0.2) is 23.1 Å². The SMILES string of the molecule is CS(=O)(=O)c1ccc(NCC(F)(F)C(F)F)c(N)c1. The van der Waals surface area contributed by atoms with Crippen molar-refractivity contribution in [2.75, 3.05) is 23.9 Å². The minimum absolute atomic E-state index is 0.0345. The monoisotopic (exact) mass is 300 g/mol. The average Bonchev–Trinajstić information content (AvgIpc) is 2.25. The number of hydrogen-bond donors (Lipinski definition) is 2. The van der Waals surface area contributed by atoms with Crippen LogP contribution < -0.4 is 11.1 Å². The number of rotatable bonds is 5. The Hall–Kier alpha value is -1.51. The Balaban J connectivity index is 2.88. The highest BCUT2D eigenvalue weighted by Gasteiger charge is 2.40. The third kappa shape index (κ3) is 3.98. The summed E-state index contributed by atoms with van der Waals surface area (Å²) in [6, 6.07) is 3.36. The van der Waals surface area contributed by atoms with Gasteiger partial charge in [0.15, 0.2) is 9.84 Å². The second-order valence-corrected chi connectivity index (χ2v) is 5.95. The van der Waals surface area contributed by atoms with Crippen molar-refractivity contribution in [1.29, 1.82) is 0 Å². The molecule has 1 aromatic rings. The number of benzene rings is 1. The van der Waals surface area contributed by atoms with Crippen LogP contribution >= 0.6 is 0 Å². The zero-order valence-electron chi connectivity index (χ0n) is 9.83. The third-order valence-corrected chi connectivity index (χ3v) is 3.40. The van der Waals surface area contributed by atoms with Gasteiger partial charge in [0.2, 0.25) is 0 Å². The summed E-state index contributed by atoms with van der Waals surface area (Å²) < 4.78 is 71.7. The minimum Gasteiger partial charge on any atom is -0.397 e. The molecule has 0 unspecified atom stereocenters. The molecule has 1 rings (SSSR count). The molecule has 0 aliphatic rings. The van der Waals surface area contributed by atoms with E-state index in [0.717, 1.165) is 24.5 Å². The lowest BCUT2D eigenvalue weighted by Crippen LogP contribution is -2.35. The summed E-state index contributed by atoms with van der Waals surface area (Å²) in [6.45, 7) is -1.30. The summed E-state index contributed by atoms with van der Waals surface area (Å²) in [6.07, 6.45) is -2.84. The highest BCUT2D eigenvalue weighted by atomic mass is 32.2. The maximum absolute atomic E-state index is 12.7. The second kappa shape index (κ2) is 5.24. The molecule has 9 heteroatoms. The Labute approximate surface area is 107 Å². The zero-order chi connectivity index (χ0) is 14.8. The van der Waals surface area contributed by atoms with Crippen molar-refractivity contribution in [2.24, 2.45) is 0 Å². The first-order valence-corrected chi connectivity index (χ1v) is 6.92. The predicted molar refractivity (Wildman–Crippen MR) is 63.4 cm³/mol. The molecule has 1 aromatic carbocycles. The molecule has 4 nitrogen and oxygen atoms in total. The molecule has 19 heavy (non-hydrogen) atoms. The molecule has 0 fully saturated rings. The number of nitrogens with two attached hydrogens (primary N) is 1. The molecule has 0 radical (unpaired) electrons. The van der Waals surface area contributed by atoms with Gasteiger partial charge < -0.3 is 11.1 Å². The number of hydrogen-bond acceptors (Lipinski definition) is 4. The Morgan fingerprint density at radius 3 is 2.37 bits per heavy atom. The van der Waals surface area contributed by atoms with E-state index in [0.29, 0.717) is 0 Å². The van der Waals surface area contributed by atoms with Crippen molar-refractivity contribution in [3.63, 3.8) is 0 Å². The molecule has 0 saturated carbocycles. The molecule has 108 valence electrons. The van der Waals surface area contributed by atoms with Crippen LogP contribution in [0, 0.1) is 0 Å². The number of nitrogen functional groups attached to an aromatic ring is 1. The lowest BCUT2D eigenvalue weighted by atomic mass is 10.2. The maximum Gasteiger partial charge on any atom is 0.324 e. The quantitative estimate of drug-likeness (QED) is 0.644. The third-order valence-electron chi connectivity index (χ3n) is 2.28. The average molecular weight is 300 g/mol. The molecule has 0 heterocycles. The van der Waals surface area contributed by atoms with E-state index in [1.54, 1.807) is 0 Å². The van der Waals surface area contributed by atoms with Crippen LogP contribution in [0.3, 0.4) is 0 Å². The molecule has 0 aliphatic heterocycles. The number of sulfone groups is 1. The van der Waals surface area contributed by atoms with Crippen molar-refractivity contribution in [3.05, 3.63) is 18.2 Å². The lowest BCUT2D eigenvalue weighted by molar-refractivity contribution is -0.117. The first-order valence-electron chi connectivity index (χ1n) is 5.03. The van der Waals surface area contributed by atoms with E-state index < -0.39 is 28.7 Å². The normalized spacial score (nSPS) is 12.7. The molecular formula is C10H12F4N2O2S. The fourth-order valence-electron chi connectivity index (χ4n) is 1.22. The highest BCUT2D eigenvalue weighted by molar-refractivity contribution is 7.90. The van der Waals surface area contributed by atoms with Gasteiger partial charge in [-0.05, 0) is 18.2 Å². The van der Waals surface area contributed by atoms with Crippen molar-refractivity contribution in [1.82, 2.24) is 0 Å². The molecule has 0 atom stereocenters. The van der Waals surface area contributed by atoms with Crippen molar-refractivity contribution in [3.8, 4) is 0 Å². The van der Waals surface area contributed by atoms with Crippen LogP contribution in [-0.2, 0) is 9.84 Å². The van der Waals surface area contributed by atoms with Gasteiger partial charge in [0.1, 0.15) is 0 Å². The summed E-state index contributed by atoms with van der Waals surface area (Å²) in [5.41, 5.74) is 5.31. The summed E-state index contributed by atoms with van der Waals surface area (Å²) >= 11 is 0. The van der Waals surface area contributed by atoms with Gasteiger partial charge in [-0.2, -0.15) is 8.78 Å². The number of anilines is 2. The van der Waals surface area contributed by atoms with Gasteiger partial charge in [0.05, 0.1) is 22.8 Å². The Bertz CT molecular complexity index is 561. The largest absolute Gasteiger partial charge is 0.397 e. The van der Waals surface area contributed by atoms with Crippen LogP contribution in [0.4, 0.5) is 28.9 Å². The Morgan fingerprint density at radius 2 is 1.95 bits per heavy atom. The van der Waals surface area contributed by atoms with Crippen LogP contribution in [0.5, 0.6) is 0 Å². The first kappa shape index (κ1) is 15.5. The van der Waals surface area contributed by atoms with Crippen LogP contribution in [0.1, 0.15) is 0 Å². The van der Waals surface area contributed by atoms with Gasteiger partial charge >= 0.3 is 12.3 Å². The molecule has 0 aromatic heterocycles. The first-order chi connectivity index (χ1) is 8.54. The predicted octanol–water partition coefficient (Wildman–Crippen LogP) is 1.98. The molecule has 0 amide bonds. The molecular weight excluding hydrogens is 288 g/mol. The van der Waals surface area contributed by atoms with Crippen LogP contribution in [-0.4, -0.2) is 33.6 Å². The van der Waals surface area contributed by atoms with E-state index in [4.69, 9.17) is 5.73 Å². The lowest BCUT2D eigenvalue weighted by Gasteiger charge is -2.17. The van der Waals surface area contributed by atoms with E-state index >= 15 is 0 Å². The summed E-state index contributed by atoms with van der Waals surface area (Å²) in [5, 5.41) is 2.06. The fourth-order valence-corrected chi connectivity index (χ4v) is 1.88. The standard InChI is InChI=1S/C10H12F4N2O2S/c1-19(17,18)6-2-3-8(7(15)4-6)16-5-10(13,14)9(11)12/h2-4,9,16H,5,15H2,1H3. The van der Waals surface area contributed by atoms with Gasteiger partial charge in [-0.25, -0.2) is 17.2 Å². The van der Waals surface area contributed by atoms with Crippen molar-refractivity contribution < 1.29 is 26.0 Å². The maximum atomic E-state index is 12.7. The summed E-state index contributed by atoms with van der Waals surface area (Å²) in [7, 11) is -3.47. The van der Waals surface area contributed by atoms with Crippen molar-refractivity contribution >= 4 is 21.2 Å². The summed E-state index contributed by atoms with van der Waals surface area (Å²) in [5.74, 6) is -4.19. The van der Waals surface area contributed by atoms with E-state index in [1.165, 1.54) is 0 Å². The Kier molecular flexibility index (Phi) is 4.28.